The molecular weight excluding hydrogens is 218 g/mol. The van der Waals surface area contributed by atoms with E-state index < -0.39 is 0 Å². The molecule has 0 amide bonds. The predicted molar refractivity (Wildman–Crippen MR) is 73.2 cm³/mol. The Bertz CT molecular complexity index is 169. The molecule has 2 unspecified atom stereocenters. The van der Waals surface area contributed by atoms with E-state index in [1.54, 1.807) is 0 Å². The molecule has 96 valence electrons. The maximum Gasteiger partial charge on any atom is 0.0509 e. The Labute approximate surface area is 105 Å². The van der Waals surface area contributed by atoms with Crippen LogP contribution in [0.1, 0.15) is 40.0 Å². The number of nitrogens with one attached hydrogen (secondary N) is 1. The van der Waals surface area contributed by atoms with E-state index in [4.69, 9.17) is 4.74 Å². The van der Waals surface area contributed by atoms with Crippen molar-refractivity contribution >= 4 is 11.8 Å². The van der Waals surface area contributed by atoms with E-state index in [-0.39, 0.29) is 0 Å². The molecule has 0 bridgehead atoms. The Hall–Kier alpha value is 0.270. The van der Waals surface area contributed by atoms with E-state index in [0.717, 1.165) is 30.9 Å². The van der Waals surface area contributed by atoms with Gasteiger partial charge in [-0.3, -0.25) is 0 Å². The van der Waals surface area contributed by atoms with Crippen molar-refractivity contribution in [1.29, 1.82) is 0 Å². The van der Waals surface area contributed by atoms with E-state index in [9.17, 15) is 0 Å². The summed E-state index contributed by atoms with van der Waals surface area (Å²) >= 11 is 2.07. The van der Waals surface area contributed by atoms with Crippen molar-refractivity contribution in [2.75, 3.05) is 25.5 Å². The largest absolute Gasteiger partial charge is 0.381 e. The number of hydrogen-bond acceptors (Lipinski definition) is 3. The van der Waals surface area contributed by atoms with Crippen LogP contribution in [0.4, 0.5) is 0 Å². The second-order valence-corrected chi connectivity index (χ2v) is 6.53. The van der Waals surface area contributed by atoms with Crippen LogP contribution in [0.2, 0.25) is 0 Å². The van der Waals surface area contributed by atoms with Crippen molar-refractivity contribution in [3.63, 3.8) is 0 Å². The van der Waals surface area contributed by atoms with Gasteiger partial charge in [0.05, 0.1) is 6.61 Å². The first-order valence-electron chi connectivity index (χ1n) is 6.66. The van der Waals surface area contributed by atoms with E-state index in [2.05, 4.69) is 37.8 Å². The Morgan fingerprint density at radius 1 is 1.44 bits per heavy atom. The fourth-order valence-corrected chi connectivity index (χ4v) is 3.05. The lowest BCUT2D eigenvalue weighted by Gasteiger charge is -2.31. The molecule has 0 spiro atoms. The lowest BCUT2D eigenvalue weighted by molar-refractivity contribution is 0.0427. The van der Waals surface area contributed by atoms with Crippen LogP contribution in [-0.4, -0.2) is 36.8 Å². The minimum atomic E-state index is 0.646. The average Bonchev–Trinajstić information content (AvgIpc) is 2.30. The summed E-state index contributed by atoms with van der Waals surface area (Å²) in [5.41, 5.74) is 0. The van der Waals surface area contributed by atoms with Crippen LogP contribution in [0, 0.1) is 5.92 Å². The smallest absolute Gasteiger partial charge is 0.0509 e. The third-order valence-electron chi connectivity index (χ3n) is 3.03. The first-order chi connectivity index (χ1) is 7.74. The molecule has 0 aromatic carbocycles. The lowest BCUT2D eigenvalue weighted by atomic mass is 9.95. The first-order valence-corrected chi connectivity index (χ1v) is 7.71. The van der Waals surface area contributed by atoms with Crippen LogP contribution >= 0.6 is 11.8 Å². The third kappa shape index (κ3) is 5.55. The topological polar surface area (TPSA) is 21.3 Å². The van der Waals surface area contributed by atoms with Crippen molar-refractivity contribution in [3.05, 3.63) is 0 Å². The minimum Gasteiger partial charge on any atom is -0.381 e. The summed E-state index contributed by atoms with van der Waals surface area (Å²) in [6.45, 7) is 9.85. The minimum absolute atomic E-state index is 0.646. The zero-order chi connectivity index (χ0) is 11.8. The lowest BCUT2D eigenvalue weighted by Crippen LogP contribution is -2.42. The summed E-state index contributed by atoms with van der Waals surface area (Å²) in [5, 5.41) is 4.43. The molecule has 2 nitrogen and oxygen atoms in total. The number of rotatable bonds is 7. The highest BCUT2D eigenvalue weighted by atomic mass is 32.2. The first kappa shape index (κ1) is 14.3. The average molecular weight is 245 g/mol. The van der Waals surface area contributed by atoms with Crippen LogP contribution in [-0.2, 0) is 4.74 Å². The molecule has 2 atom stereocenters. The second kappa shape index (κ2) is 8.37. The van der Waals surface area contributed by atoms with Gasteiger partial charge in [-0.05, 0) is 37.0 Å². The van der Waals surface area contributed by atoms with E-state index in [1.807, 2.05) is 0 Å². The molecule has 3 heteroatoms. The Morgan fingerprint density at radius 3 is 2.81 bits per heavy atom. The standard InChI is InChI=1S/C13H27NOS/c1-4-7-14-13(10-16-11(2)3)12-6-5-8-15-9-12/h11-14H,4-10H2,1-3H3. The molecule has 1 N–H and O–H groups in total. The highest BCUT2D eigenvalue weighted by molar-refractivity contribution is 7.99. The summed E-state index contributed by atoms with van der Waals surface area (Å²) in [6, 6.07) is 0.646. The summed E-state index contributed by atoms with van der Waals surface area (Å²) < 4.78 is 5.60. The molecule has 0 aromatic rings. The number of hydrogen-bond donors (Lipinski definition) is 1. The normalized spacial score (nSPS) is 23.6. The molecule has 1 aliphatic rings. The van der Waals surface area contributed by atoms with Gasteiger partial charge in [0.15, 0.2) is 0 Å². The zero-order valence-electron chi connectivity index (χ0n) is 11.0. The number of ether oxygens (including phenoxy) is 1. The van der Waals surface area contributed by atoms with Crippen LogP contribution < -0.4 is 5.32 Å². The Balaban J connectivity index is 2.34. The highest BCUT2D eigenvalue weighted by Crippen LogP contribution is 2.22. The summed E-state index contributed by atoms with van der Waals surface area (Å²) in [4.78, 5) is 0. The summed E-state index contributed by atoms with van der Waals surface area (Å²) in [7, 11) is 0. The van der Waals surface area contributed by atoms with Gasteiger partial charge >= 0.3 is 0 Å². The molecule has 0 radical (unpaired) electrons. The molecule has 0 saturated carbocycles. The highest BCUT2D eigenvalue weighted by Gasteiger charge is 2.23. The molecule has 16 heavy (non-hydrogen) atoms. The van der Waals surface area contributed by atoms with Gasteiger partial charge in [0.1, 0.15) is 0 Å². The van der Waals surface area contributed by atoms with Crippen LogP contribution in [0.3, 0.4) is 0 Å². The van der Waals surface area contributed by atoms with Crippen LogP contribution in [0.25, 0.3) is 0 Å². The van der Waals surface area contributed by atoms with E-state index in [0.29, 0.717) is 6.04 Å². The van der Waals surface area contributed by atoms with Gasteiger partial charge in [-0.15, -0.1) is 0 Å². The van der Waals surface area contributed by atoms with Gasteiger partial charge < -0.3 is 10.1 Å². The Morgan fingerprint density at radius 2 is 2.25 bits per heavy atom. The zero-order valence-corrected chi connectivity index (χ0v) is 11.8. The Kier molecular flexibility index (Phi) is 7.50. The van der Waals surface area contributed by atoms with Gasteiger partial charge in [0.2, 0.25) is 0 Å². The molecular formula is C13H27NOS. The SMILES string of the molecule is CCCNC(CSC(C)C)C1CCCOC1. The third-order valence-corrected chi connectivity index (χ3v) is 4.25. The van der Waals surface area contributed by atoms with Gasteiger partial charge in [-0.25, -0.2) is 0 Å². The van der Waals surface area contributed by atoms with Gasteiger partial charge in [0, 0.05) is 18.4 Å². The van der Waals surface area contributed by atoms with Crippen molar-refractivity contribution in [2.45, 2.75) is 51.3 Å². The van der Waals surface area contributed by atoms with E-state index >= 15 is 0 Å². The quantitative estimate of drug-likeness (QED) is 0.745. The van der Waals surface area contributed by atoms with Crippen molar-refractivity contribution in [1.82, 2.24) is 5.32 Å². The molecule has 1 fully saturated rings. The van der Waals surface area contributed by atoms with Gasteiger partial charge in [-0.2, -0.15) is 11.8 Å². The van der Waals surface area contributed by atoms with Crippen molar-refractivity contribution in [2.24, 2.45) is 5.92 Å². The monoisotopic (exact) mass is 245 g/mol. The van der Waals surface area contributed by atoms with Crippen molar-refractivity contribution in [3.8, 4) is 0 Å². The van der Waals surface area contributed by atoms with Gasteiger partial charge in [-0.1, -0.05) is 20.8 Å². The fourth-order valence-electron chi connectivity index (χ4n) is 2.07. The second-order valence-electron chi connectivity index (χ2n) is 4.92. The molecule has 1 heterocycles. The maximum atomic E-state index is 5.60. The molecule has 1 rings (SSSR count). The van der Waals surface area contributed by atoms with E-state index in [1.165, 1.54) is 25.0 Å². The maximum absolute atomic E-state index is 5.60. The van der Waals surface area contributed by atoms with Crippen LogP contribution in [0.15, 0.2) is 0 Å². The molecule has 0 aliphatic carbocycles. The molecule has 1 aliphatic heterocycles. The fraction of sp³-hybridized carbons (Fsp3) is 1.00. The van der Waals surface area contributed by atoms with Gasteiger partial charge in [0.25, 0.3) is 0 Å². The van der Waals surface area contributed by atoms with Crippen LogP contribution in [0.5, 0.6) is 0 Å². The molecule has 1 saturated heterocycles. The van der Waals surface area contributed by atoms with Crippen molar-refractivity contribution < 1.29 is 4.74 Å². The predicted octanol–water partition coefficient (Wildman–Crippen LogP) is 2.92. The number of thioether (sulfide) groups is 1. The summed E-state index contributed by atoms with van der Waals surface area (Å²) in [6.07, 6.45) is 3.79. The summed E-state index contributed by atoms with van der Waals surface area (Å²) in [5.74, 6) is 1.96. The molecule has 0 aromatic heterocycles.